The minimum atomic E-state index is -1.35. The number of fused-ring (bicyclic) bond motifs is 1. The van der Waals surface area contributed by atoms with Gasteiger partial charge in [-0.3, -0.25) is 9.69 Å². The molecule has 1 amide bonds. The van der Waals surface area contributed by atoms with Gasteiger partial charge in [-0.05, 0) is 30.7 Å². The monoisotopic (exact) mass is 336 g/mol. The lowest BCUT2D eigenvalue weighted by Gasteiger charge is -2.23. The molecular weight excluding hydrogens is 326 g/mol. The van der Waals surface area contributed by atoms with Crippen LogP contribution in [0.2, 0.25) is 0 Å². The van der Waals surface area contributed by atoms with Gasteiger partial charge in [0.2, 0.25) is 6.79 Å². The van der Waals surface area contributed by atoms with Crippen LogP contribution in [0.4, 0.5) is 0 Å². The van der Waals surface area contributed by atoms with Gasteiger partial charge in [0.25, 0.3) is 5.91 Å². The number of hydrogen-bond acceptors (Lipinski definition) is 7. The van der Waals surface area contributed by atoms with E-state index in [0.717, 1.165) is 22.2 Å². The Morgan fingerprint density at radius 2 is 2.18 bits per heavy atom. The Balaban J connectivity index is 1.88. The Hall–Kier alpha value is -2.06. The van der Waals surface area contributed by atoms with Crippen LogP contribution < -0.4 is 14.6 Å². The zero-order chi connectivity index (χ0) is 15.9. The SMILES string of the molecule is CC(C(=O)[O-])N1C(=O)/C(=C/c2ccc3c(c2)OCO3)SC1=S. The second kappa shape index (κ2) is 5.62. The van der Waals surface area contributed by atoms with Crippen molar-refractivity contribution in [2.45, 2.75) is 13.0 Å². The van der Waals surface area contributed by atoms with Crippen molar-refractivity contribution >= 4 is 46.3 Å². The number of ether oxygens (including phenoxy) is 2. The Morgan fingerprint density at radius 1 is 1.45 bits per heavy atom. The highest BCUT2D eigenvalue weighted by atomic mass is 32.2. The van der Waals surface area contributed by atoms with E-state index in [-0.39, 0.29) is 11.1 Å². The lowest BCUT2D eigenvalue weighted by molar-refractivity contribution is -0.309. The number of rotatable bonds is 3. The van der Waals surface area contributed by atoms with Crippen molar-refractivity contribution in [2.75, 3.05) is 6.79 Å². The normalized spacial score (nSPS) is 19.9. The molecule has 0 saturated carbocycles. The number of thioether (sulfide) groups is 1. The van der Waals surface area contributed by atoms with Crippen LogP contribution in [-0.4, -0.2) is 33.9 Å². The lowest BCUT2D eigenvalue weighted by Crippen LogP contribution is -2.48. The standard InChI is InChI=1S/C14H11NO5S2/c1-7(13(17)18)15-12(16)11(22-14(15)21)5-8-2-3-9-10(4-8)20-6-19-9/h2-5,7H,6H2,1H3,(H,17,18)/p-1/b11-5-. The van der Waals surface area contributed by atoms with Gasteiger partial charge < -0.3 is 19.4 Å². The third kappa shape index (κ3) is 2.55. The summed E-state index contributed by atoms with van der Waals surface area (Å²) >= 11 is 6.14. The summed E-state index contributed by atoms with van der Waals surface area (Å²) in [7, 11) is 0. The highest BCUT2D eigenvalue weighted by Crippen LogP contribution is 2.36. The van der Waals surface area contributed by atoms with E-state index >= 15 is 0 Å². The molecule has 2 aliphatic heterocycles. The van der Waals surface area contributed by atoms with Crippen LogP contribution in [0.1, 0.15) is 12.5 Å². The third-order valence-electron chi connectivity index (χ3n) is 3.25. The fourth-order valence-corrected chi connectivity index (χ4v) is 3.49. The number of carboxylic acid groups (broad SMARTS) is 1. The summed E-state index contributed by atoms with van der Waals surface area (Å²) in [6.45, 7) is 1.54. The molecule has 1 saturated heterocycles. The van der Waals surface area contributed by atoms with Crippen molar-refractivity contribution in [1.82, 2.24) is 4.90 Å². The predicted octanol–water partition coefficient (Wildman–Crippen LogP) is 0.755. The van der Waals surface area contributed by atoms with Gasteiger partial charge in [-0.1, -0.05) is 30.0 Å². The van der Waals surface area contributed by atoms with E-state index in [9.17, 15) is 14.7 Å². The number of benzene rings is 1. The third-order valence-corrected chi connectivity index (χ3v) is 4.58. The molecule has 22 heavy (non-hydrogen) atoms. The van der Waals surface area contributed by atoms with Gasteiger partial charge in [-0.15, -0.1) is 0 Å². The molecule has 2 aliphatic rings. The zero-order valence-corrected chi connectivity index (χ0v) is 13.0. The second-order valence-corrected chi connectivity index (χ2v) is 6.34. The maximum absolute atomic E-state index is 12.3. The van der Waals surface area contributed by atoms with Gasteiger partial charge in [0.15, 0.2) is 11.5 Å². The molecule has 0 N–H and O–H groups in total. The average Bonchev–Trinajstić information content (AvgIpc) is 3.03. The van der Waals surface area contributed by atoms with Crippen LogP contribution in [0.3, 0.4) is 0 Å². The molecule has 0 spiro atoms. The first kappa shape index (κ1) is 14.9. The van der Waals surface area contributed by atoms with Crippen LogP contribution in [0, 0.1) is 0 Å². The number of carbonyl (C=O) groups excluding carboxylic acids is 2. The van der Waals surface area contributed by atoms with Crippen molar-refractivity contribution in [3.05, 3.63) is 28.7 Å². The highest BCUT2D eigenvalue weighted by Gasteiger charge is 2.35. The average molecular weight is 336 g/mol. The zero-order valence-electron chi connectivity index (χ0n) is 11.4. The Bertz CT molecular complexity index is 715. The number of carbonyl (C=O) groups is 2. The van der Waals surface area contributed by atoms with Crippen LogP contribution in [0.15, 0.2) is 23.1 Å². The molecule has 0 aromatic heterocycles. The van der Waals surface area contributed by atoms with Crippen LogP contribution in [0.25, 0.3) is 6.08 Å². The molecule has 1 atom stereocenters. The summed E-state index contributed by atoms with van der Waals surface area (Å²) in [4.78, 5) is 24.7. The van der Waals surface area contributed by atoms with Crippen molar-refractivity contribution in [2.24, 2.45) is 0 Å². The van der Waals surface area contributed by atoms with Crippen molar-refractivity contribution in [3.8, 4) is 11.5 Å². The quantitative estimate of drug-likeness (QED) is 0.595. The molecule has 1 aromatic carbocycles. The number of aliphatic carboxylic acids is 1. The molecule has 1 aromatic rings. The first-order chi connectivity index (χ1) is 10.5. The molecule has 8 heteroatoms. The van der Waals surface area contributed by atoms with E-state index in [1.54, 1.807) is 24.3 Å². The van der Waals surface area contributed by atoms with Crippen molar-refractivity contribution in [1.29, 1.82) is 0 Å². The molecule has 2 heterocycles. The summed E-state index contributed by atoms with van der Waals surface area (Å²) in [6, 6.07) is 4.17. The van der Waals surface area contributed by atoms with E-state index in [0.29, 0.717) is 16.4 Å². The Morgan fingerprint density at radius 3 is 2.91 bits per heavy atom. The maximum atomic E-state index is 12.3. The van der Waals surface area contributed by atoms with Gasteiger partial charge in [-0.2, -0.15) is 0 Å². The minimum absolute atomic E-state index is 0.171. The van der Waals surface area contributed by atoms with Crippen LogP contribution >= 0.6 is 24.0 Å². The number of amides is 1. The fourth-order valence-electron chi connectivity index (χ4n) is 2.07. The summed E-state index contributed by atoms with van der Waals surface area (Å²) < 4.78 is 10.7. The first-order valence-electron chi connectivity index (χ1n) is 6.35. The lowest BCUT2D eigenvalue weighted by atomic mass is 10.2. The van der Waals surface area contributed by atoms with E-state index in [1.165, 1.54) is 6.92 Å². The number of thiocarbonyl (C=S) groups is 1. The molecule has 114 valence electrons. The summed E-state index contributed by atoms with van der Waals surface area (Å²) in [5.41, 5.74) is 0.742. The molecule has 0 radical (unpaired) electrons. The minimum Gasteiger partial charge on any atom is -0.548 e. The van der Waals surface area contributed by atoms with E-state index in [1.807, 2.05) is 0 Å². The van der Waals surface area contributed by atoms with Crippen LogP contribution in [0.5, 0.6) is 11.5 Å². The largest absolute Gasteiger partial charge is 0.548 e. The summed E-state index contributed by atoms with van der Waals surface area (Å²) in [5.74, 6) is -0.535. The number of carboxylic acids is 1. The van der Waals surface area contributed by atoms with Crippen LogP contribution in [-0.2, 0) is 9.59 Å². The molecule has 0 aliphatic carbocycles. The Labute approximate surface area is 135 Å². The molecule has 1 unspecified atom stereocenters. The fraction of sp³-hybridized carbons (Fsp3) is 0.214. The Kier molecular flexibility index (Phi) is 3.79. The molecule has 0 bridgehead atoms. The van der Waals surface area contributed by atoms with Gasteiger partial charge in [-0.25, -0.2) is 0 Å². The van der Waals surface area contributed by atoms with Gasteiger partial charge in [0.1, 0.15) is 4.32 Å². The van der Waals surface area contributed by atoms with E-state index in [4.69, 9.17) is 21.7 Å². The second-order valence-electron chi connectivity index (χ2n) is 4.66. The molecule has 3 rings (SSSR count). The van der Waals surface area contributed by atoms with Gasteiger partial charge >= 0.3 is 0 Å². The van der Waals surface area contributed by atoms with Gasteiger partial charge in [0.05, 0.1) is 16.9 Å². The van der Waals surface area contributed by atoms with Crippen molar-refractivity contribution in [3.63, 3.8) is 0 Å². The summed E-state index contributed by atoms with van der Waals surface area (Å²) in [6.07, 6.45) is 1.64. The molecular formula is C14H10NO5S2-. The molecule has 6 nitrogen and oxygen atoms in total. The van der Waals surface area contributed by atoms with E-state index in [2.05, 4.69) is 0 Å². The maximum Gasteiger partial charge on any atom is 0.266 e. The van der Waals surface area contributed by atoms with E-state index < -0.39 is 17.9 Å². The topological polar surface area (TPSA) is 78.9 Å². The number of hydrogen-bond donors (Lipinski definition) is 0. The predicted molar refractivity (Wildman–Crippen MR) is 82.0 cm³/mol. The molecule has 1 fully saturated rings. The van der Waals surface area contributed by atoms with Gasteiger partial charge in [0, 0.05) is 0 Å². The highest BCUT2D eigenvalue weighted by molar-refractivity contribution is 8.26. The first-order valence-corrected chi connectivity index (χ1v) is 7.57. The summed E-state index contributed by atoms with van der Waals surface area (Å²) in [5, 5.41) is 10.9. The smallest absolute Gasteiger partial charge is 0.266 e. The number of nitrogens with zero attached hydrogens (tertiary/aromatic N) is 1. The van der Waals surface area contributed by atoms with Crippen molar-refractivity contribution < 1.29 is 24.2 Å².